The van der Waals surface area contributed by atoms with Crippen molar-refractivity contribution in [3.8, 4) is 22.3 Å². The maximum Gasteiger partial charge on any atom is 0.137 e. The number of fused-ring (bicyclic) bond motifs is 10. The number of anilines is 3. The monoisotopic (exact) mass is 567 g/mol. The molecule has 2 aliphatic carbocycles. The normalized spacial score (nSPS) is 15.2. The summed E-state index contributed by atoms with van der Waals surface area (Å²) >= 11 is 0. The van der Waals surface area contributed by atoms with Gasteiger partial charge in [-0.2, -0.15) is 0 Å². The molecule has 6 aromatic carbocycles. The molecule has 0 spiro atoms. The van der Waals surface area contributed by atoms with Crippen molar-refractivity contribution in [1.82, 2.24) is 0 Å². The Bertz CT molecular complexity index is 2290. The molecular weight excluding hydrogens is 534 g/mol. The van der Waals surface area contributed by atoms with E-state index < -0.39 is 0 Å². The van der Waals surface area contributed by atoms with E-state index in [2.05, 4.69) is 160 Å². The van der Waals surface area contributed by atoms with Crippen molar-refractivity contribution >= 4 is 39.0 Å². The fraction of sp³-hybridized carbons (Fsp3) is 0.143. The van der Waals surface area contributed by atoms with Gasteiger partial charge in [0, 0.05) is 44.7 Å². The smallest absolute Gasteiger partial charge is 0.137 e. The lowest BCUT2D eigenvalue weighted by atomic mass is 9.82. The van der Waals surface area contributed by atoms with E-state index >= 15 is 0 Å². The second kappa shape index (κ2) is 8.74. The molecular formula is C42H33NO. The van der Waals surface area contributed by atoms with Crippen LogP contribution in [0.1, 0.15) is 49.9 Å². The van der Waals surface area contributed by atoms with Crippen LogP contribution in [0.25, 0.3) is 44.2 Å². The van der Waals surface area contributed by atoms with E-state index in [1.807, 2.05) is 0 Å². The van der Waals surface area contributed by atoms with E-state index in [9.17, 15) is 0 Å². The van der Waals surface area contributed by atoms with Gasteiger partial charge in [0.25, 0.3) is 0 Å². The summed E-state index contributed by atoms with van der Waals surface area (Å²) in [6.45, 7) is 9.34. The molecule has 2 heteroatoms. The van der Waals surface area contributed by atoms with Crippen LogP contribution in [0, 0.1) is 0 Å². The molecule has 7 aromatic rings. The molecule has 0 saturated carbocycles. The van der Waals surface area contributed by atoms with Crippen LogP contribution in [0.5, 0.6) is 0 Å². The van der Waals surface area contributed by atoms with Crippen LogP contribution < -0.4 is 4.90 Å². The molecule has 1 heterocycles. The van der Waals surface area contributed by atoms with E-state index in [-0.39, 0.29) is 10.8 Å². The second-order valence-corrected chi connectivity index (χ2v) is 13.4. The first kappa shape index (κ1) is 25.4. The van der Waals surface area contributed by atoms with Crippen molar-refractivity contribution in [2.75, 3.05) is 4.90 Å². The average Bonchev–Trinajstić information content (AvgIpc) is 3.61. The SMILES string of the molecule is CC1(C)c2ccccc2-c2ccc(N(c3ccccc3)c3ccc4c(c3)oc3ccc5c(c34)-c3ccccc3C5(C)C)cc21. The molecule has 212 valence electrons. The Hall–Kier alpha value is -5.08. The highest BCUT2D eigenvalue weighted by atomic mass is 16.3. The third-order valence-corrected chi connectivity index (χ3v) is 10.3. The lowest BCUT2D eigenvalue weighted by Gasteiger charge is -2.28. The Morgan fingerprint density at radius 1 is 0.455 bits per heavy atom. The molecule has 2 nitrogen and oxygen atoms in total. The molecule has 0 atom stereocenters. The highest BCUT2D eigenvalue weighted by Gasteiger charge is 2.38. The maximum atomic E-state index is 6.65. The van der Waals surface area contributed by atoms with Crippen molar-refractivity contribution in [3.63, 3.8) is 0 Å². The summed E-state index contributed by atoms with van der Waals surface area (Å²) < 4.78 is 6.65. The summed E-state index contributed by atoms with van der Waals surface area (Å²) in [4.78, 5) is 2.36. The first-order valence-corrected chi connectivity index (χ1v) is 15.5. The van der Waals surface area contributed by atoms with E-state index in [1.54, 1.807) is 0 Å². The molecule has 0 amide bonds. The van der Waals surface area contributed by atoms with Gasteiger partial charge in [-0.15, -0.1) is 0 Å². The molecule has 0 radical (unpaired) electrons. The minimum atomic E-state index is -0.0720. The number of furan rings is 1. The van der Waals surface area contributed by atoms with Crippen LogP contribution in [0.4, 0.5) is 17.1 Å². The Balaban J connectivity index is 1.24. The van der Waals surface area contributed by atoms with E-state index in [0.29, 0.717) is 0 Å². The minimum Gasteiger partial charge on any atom is -0.456 e. The lowest BCUT2D eigenvalue weighted by molar-refractivity contribution is 0.656. The van der Waals surface area contributed by atoms with E-state index in [4.69, 9.17) is 4.42 Å². The predicted octanol–water partition coefficient (Wildman–Crippen LogP) is 11.7. The molecule has 0 N–H and O–H groups in total. The summed E-state index contributed by atoms with van der Waals surface area (Å²) in [5.41, 5.74) is 15.9. The first-order chi connectivity index (χ1) is 21.3. The quantitative estimate of drug-likeness (QED) is 0.211. The van der Waals surface area contributed by atoms with Gasteiger partial charge in [0.1, 0.15) is 11.2 Å². The number of para-hydroxylation sites is 1. The Morgan fingerprint density at radius 3 is 1.86 bits per heavy atom. The van der Waals surface area contributed by atoms with Gasteiger partial charge in [0.15, 0.2) is 0 Å². The standard InChI is InChI=1S/C42H33NO/c1-41(2)34-17-11-9-15-31(34)39-35(41)22-23-37-40(39)32-21-19-28(25-38(32)44-37)43(26-12-6-5-7-13-26)27-18-20-30-29-14-8-10-16-33(29)42(3,4)36(30)24-27/h5-25H,1-4H3. The molecule has 44 heavy (non-hydrogen) atoms. The summed E-state index contributed by atoms with van der Waals surface area (Å²) in [6.07, 6.45) is 0. The first-order valence-electron chi connectivity index (χ1n) is 15.5. The largest absolute Gasteiger partial charge is 0.456 e. The zero-order chi connectivity index (χ0) is 29.8. The fourth-order valence-electron chi connectivity index (χ4n) is 8.04. The minimum absolute atomic E-state index is 0.0469. The van der Waals surface area contributed by atoms with Gasteiger partial charge in [0.2, 0.25) is 0 Å². The molecule has 2 aliphatic rings. The van der Waals surface area contributed by atoms with Crippen LogP contribution in [0.2, 0.25) is 0 Å². The van der Waals surface area contributed by atoms with Crippen LogP contribution >= 0.6 is 0 Å². The van der Waals surface area contributed by atoms with Gasteiger partial charge in [-0.3, -0.25) is 0 Å². The van der Waals surface area contributed by atoms with Gasteiger partial charge < -0.3 is 9.32 Å². The summed E-state index contributed by atoms with van der Waals surface area (Å²) in [5, 5.41) is 2.37. The van der Waals surface area contributed by atoms with Gasteiger partial charge in [-0.25, -0.2) is 0 Å². The number of hydrogen-bond acceptors (Lipinski definition) is 2. The molecule has 0 aliphatic heterocycles. The van der Waals surface area contributed by atoms with Crippen molar-refractivity contribution < 1.29 is 4.42 Å². The van der Waals surface area contributed by atoms with Crippen LogP contribution in [0.3, 0.4) is 0 Å². The third kappa shape index (κ3) is 3.31. The Morgan fingerprint density at radius 2 is 1.07 bits per heavy atom. The molecule has 0 bridgehead atoms. The third-order valence-electron chi connectivity index (χ3n) is 10.3. The van der Waals surface area contributed by atoms with Crippen molar-refractivity contribution in [2.24, 2.45) is 0 Å². The average molecular weight is 568 g/mol. The Labute approximate surface area is 258 Å². The zero-order valence-electron chi connectivity index (χ0n) is 25.5. The van der Waals surface area contributed by atoms with Crippen LogP contribution in [-0.4, -0.2) is 0 Å². The maximum absolute atomic E-state index is 6.65. The van der Waals surface area contributed by atoms with Gasteiger partial charge in [-0.05, 0) is 87.0 Å². The van der Waals surface area contributed by atoms with Crippen molar-refractivity contribution in [3.05, 3.63) is 150 Å². The fourth-order valence-corrected chi connectivity index (χ4v) is 8.04. The van der Waals surface area contributed by atoms with Gasteiger partial charge >= 0.3 is 0 Å². The summed E-state index contributed by atoms with van der Waals surface area (Å²) in [7, 11) is 0. The number of rotatable bonds is 3. The predicted molar refractivity (Wildman–Crippen MR) is 184 cm³/mol. The summed E-state index contributed by atoms with van der Waals surface area (Å²) in [5.74, 6) is 0. The zero-order valence-corrected chi connectivity index (χ0v) is 25.5. The van der Waals surface area contributed by atoms with Crippen LogP contribution in [-0.2, 0) is 10.8 Å². The topological polar surface area (TPSA) is 16.4 Å². The van der Waals surface area contributed by atoms with Gasteiger partial charge in [0.05, 0.1) is 0 Å². The van der Waals surface area contributed by atoms with Crippen molar-refractivity contribution in [2.45, 2.75) is 38.5 Å². The molecule has 0 unspecified atom stereocenters. The highest BCUT2D eigenvalue weighted by molar-refractivity contribution is 6.15. The number of nitrogens with zero attached hydrogens (tertiary/aromatic N) is 1. The number of hydrogen-bond donors (Lipinski definition) is 0. The highest BCUT2D eigenvalue weighted by Crippen LogP contribution is 2.54. The molecule has 0 saturated heterocycles. The number of benzene rings is 6. The second-order valence-electron chi connectivity index (χ2n) is 13.4. The summed E-state index contributed by atoms with van der Waals surface area (Å²) in [6, 6.07) is 46.4. The lowest BCUT2D eigenvalue weighted by Crippen LogP contribution is -2.16. The Kier molecular flexibility index (Phi) is 5.05. The van der Waals surface area contributed by atoms with E-state index in [0.717, 1.165) is 33.6 Å². The molecule has 9 rings (SSSR count). The van der Waals surface area contributed by atoms with Crippen molar-refractivity contribution in [1.29, 1.82) is 0 Å². The molecule has 0 fully saturated rings. The van der Waals surface area contributed by atoms with Crippen LogP contribution in [0.15, 0.2) is 132 Å². The van der Waals surface area contributed by atoms with E-state index in [1.165, 1.54) is 49.9 Å². The van der Waals surface area contributed by atoms with Gasteiger partial charge in [-0.1, -0.05) is 107 Å². The molecule has 1 aromatic heterocycles.